The Morgan fingerprint density at radius 3 is 2.42 bits per heavy atom. The number of rotatable bonds is 4. The maximum absolute atomic E-state index is 12.6. The number of nitro benzene ring substituents is 1. The number of hydrogen-bond donors (Lipinski definition) is 2. The van der Waals surface area contributed by atoms with Crippen LogP contribution in [0.25, 0.3) is 5.69 Å². The number of aromatic nitrogens is 2. The monoisotopic (exact) mass is 353 g/mol. The van der Waals surface area contributed by atoms with Crippen LogP contribution in [0, 0.1) is 24.0 Å². The van der Waals surface area contributed by atoms with E-state index in [1.54, 1.807) is 19.1 Å². The fourth-order valence-corrected chi connectivity index (χ4v) is 2.34. The highest BCUT2D eigenvalue weighted by molar-refractivity contribution is 5.56. The van der Waals surface area contributed by atoms with E-state index in [9.17, 15) is 20.0 Å². The number of nitrogens with one attached hydrogen (secondary N) is 1. The molecule has 0 spiro atoms. The number of aryl methyl sites for hydroxylation is 2. The highest BCUT2D eigenvalue weighted by Gasteiger charge is 2.13. The van der Waals surface area contributed by atoms with Gasteiger partial charge >= 0.3 is 0 Å². The number of phenolic OH excluding ortho intramolecular Hbond substituents is 1. The predicted molar refractivity (Wildman–Crippen MR) is 94.8 cm³/mol. The van der Waals surface area contributed by atoms with E-state index in [-0.39, 0.29) is 17.1 Å². The Balaban J connectivity index is 1.96. The van der Waals surface area contributed by atoms with Gasteiger partial charge in [0, 0.05) is 6.07 Å². The minimum Gasteiger partial charge on any atom is -0.505 e. The number of aromatic amines is 1. The molecule has 0 unspecified atom stereocenters. The van der Waals surface area contributed by atoms with E-state index >= 15 is 0 Å². The molecule has 2 N–H and O–H groups in total. The van der Waals surface area contributed by atoms with Crippen LogP contribution in [0.3, 0.4) is 0 Å². The number of H-pyrrole nitrogens is 1. The predicted octanol–water partition coefficient (Wildman–Crippen LogP) is 3.81. The Kier molecular flexibility index (Phi) is 4.36. The van der Waals surface area contributed by atoms with Gasteiger partial charge in [0.2, 0.25) is 0 Å². The van der Waals surface area contributed by atoms with Crippen molar-refractivity contribution in [2.24, 2.45) is 10.2 Å². The number of aromatic hydroxyl groups is 1. The van der Waals surface area contributed by atoms with Crippen molar-refractivity contribution in [1.82, 2.24) is 9.78 Å². The van der Waals surface area contributed by atoms with E-state index in [0.717, 1.165) is 11.6 Å². The number of nitro groups is 1. The molecule has 0 atom stereocenters. The second kappa shape index (κ2) is 6.63. The van der Waals surface area contributed by atoms with Gasteiger partial charge in [0.1, 0.15) is 11.4 Å². The van der Waals surface area contributed by atoms with E-state index in [2.05, 4.69) is 15.3 Å². The number of benzene rings is 2. The van der Waals surface area contributed by atoms with Crippen LogP contribution in [0.5, 0.6) is 5.75 Å². The van der Waals surface area contributed by atoms with Crippen LogP contribution >= 0.6 is 0 Å². The summed E-state index contributed by atoms with van der Waals surface area (Å²) >= 11 is 0. The lowest BCUT2D eigenvalue weighted by Gasteiger charge is -2.01. The minimum atomic E-state index is -0.628. The Morgan fingerprint density at radius 1 is 1.12 bits per heavy atom. The summed E-state index contributed by atoms with van der Waals surface area (Å²) in [5, 5.41) is 31.2. The lowest BCUT2D eigenvalue weighted by molar-refractivity contribution is -0.384. The molecule has 2 aromatic carbocycles. The summed E-state index contributed by atoms with van der Waals surface area (Å²) in [7, 11) is 0. The van der Waals surface area contributed by atoms with Gasteiger partial charge in [-0.25, -0.2) is 4.68 Å². The zero-order valence-electron chi connectivity index (χ0n) is 14.0. The number of non-ortho nitro benzene ring substituents is 1. The van der Waals surface area contributed by atoms with Crippen molar-refractivity contribution >= 4 is 17.1 Å². The highest BCUT2D eigenvalue weighted by atomic mass is 16.6. The fourth-order valence-electron chi connectivity index (χ4n) is 2.34. The summed E-state index contributed by atoms with van der Waals surface area (Å²) in [4.78, 5) is 22.6. The Bertz CT molecular complexity index is 1060. The summed E-state index contributed by atoms with van der Waals surface area (Å²) in [5.41, 5.74) is 1.68. The van der Waals surface area contributed by atoms with Crippen molar-refractivity contribution in [1.29, 1.82) is 0 Å². The average molecular weight is 353 g/mol. The SMILES string of the molecule is Cc1ccc(-n2[nH]c(C)c(N=Nc3ccc([N+](=O)[O-])cc3O)c2=O)cc1. The first-order valence-corrected chi connectivity index (χ1v) is 7.64. The standard InChI is InChI=1S/C17H15N5O4/c1-10-3-5-12(6-4-10)21-17(24)16(11(2)20-21)19-18-14-8-7-13(22(25)26)9-15(14)23/h3-9,20,23H,1-2H3. The van der Waals surface area contributed by atoms with Crippen LogP contribution in [0.4, 0.5) is 17.1 Å². The summed E-state index contributed by atoms with van der Waals surface area (Å²) < 4.78 is 1.35. The minimum absolute atomic E-state index is 0.0254. The topological polar surface area (TPSA) is 126 Å². The summed E-state index contributed by atoms with van der Waals surface area (Å²) in [6, 6.07) is 10.8. The largest absolute Gasteiger partial charge is 0.505 e. The molecule has 26 heavy (non-hydrogen) atoms. The normalized spacial score (nSPS) is 11.2. The number of phenols is 1. The molecule has 3 aromatic rings. The lowest BCUT2D eigenvalue weighted by atomic mass is 10.2. The number of hydrogen-bond acceptors (Lipinski definition) is 6. The summed E-state index contributed by atoms with van der Waals surface area (Å²) in [6.45, 7) is 3.62. The Hall–Kier alpha value is -3.75. The smallest absolute Gasteiger partial charge is 0.299 e. The second-order valence-electron chi connectivity index (χ2n) is 5.69. The van der Waals surface area contributed by atoms with Gasteiger partial charge in [-0.05, 0) is 32.0 Å². The molecule has 1 aromatic heterocycles. The van der Waals surface area contributed by atoms with Crippen molar-refractivity contribution in [3.63, 3.8) is 0 Å². The first-order valence-electron chi connectivity index (χ1n) is 7.64. The molecule has 0 saturated heterocycles. The van der Waals surface area contributed by atoms with Gasteiger partial charge in [0.05, 0.1) is 22.4 Å². The number of azo groups is 1. The van der Waals surface area contributed by atoms with Crippen molar-refractivity contribution < 1.29 is 10.0 Å². The molecule has 0 amide bonds. The summed E-state index contributed by atoms with van der Waals surface area (Å²) in [5.74, 6) is -0.394. The van der Waals surface area contributed by atoms with E-state index in [4.69, 9.17) is 0 Å². The molecule has 1 heterocycles. The molecule has 0 aliphatic heterocycles. The Labute approximate surface area is 147 Å². The van der Waals surface area contributed by atoms with Gasteiger partial charge in [-0.3, -0.25) is 20.0 Å². The van der Waals surface area contributed by atoms with Crippen LogP contribution < -0.4 is 5.56 Å². The average Bonchev–Trinajstić information content (AvgIpc) is 2.89. The molecule has 0 bridgehead atoms. The van der Waals surface area contributed by atoms with Gasteiger partial charge in [-0.2, -0.15) is 0 Å². The third-order valence-corrected chi connectivity index (χ3v) is 3.76. The Morgan fingerprint density at radius 2 is 1.81 bits per heavy atom. The van der Waals surface area contributed by atoms with E-state index in [1.807, 2.05) is 19.1 Å². The van der Waals surface area contributed by atoms with Crippen LogP contribution in [0.2, 0.25) is 0 Å². The molecule has 0 radical (unpaired) electrons. The van der Waals surface area contributed by atoms with Gasteiger partial charge in [0.15, 0.2) is 5.69 Å². The molecule has 3 rings (SSSR count). The fraction of sp³-hybridized carbons (Fsp3) is 0.118. The van der Waals surface area contributed by atoms with Crippen molar-refractivity contribution in [3.05, 3.63) is 74.2 Å². The third kappa shape index (κ3) is 3.22. The zero-order chi connectivity index (χ0) is 18.8. The first kappa shape index (κ1) is 17.1. The van der Waals surface area contributed by atoms with Crippen LogP contribution in [0.1, 0.15) is 11.3 Å². The van der Waals surface area contributed by atoms with E-state index in [1.165, 1.54) is 16.8 Å². The molecule has 0 fully saturated rings. The van der Waals surface area contributed by atoms with E-state index < -0.39 is 16.2 Å². The molecule has 0 saturated carbocycles. The van der Waals surface area contributed by atoms with Crippen LogP contribution in [-0.2, 0) is 0 Å². The lowest BCUT2D eigenvalue weighted by Crippen LogP contribution is -2.13. The number of nitrogens with zero attached hydrogens (tertiary/aromatic N) is 4. The van der Waals surface area contributed by atoms with Gasteiger partial charge in [0.25, 0.3) is 11.2 Å². The maximum Gasteiger partial charge on any atom is 0.299 e. The van der Waals surface area contributed by atoms with Gasteiger partial charge in [-0.15, -0.1) is 10.2 Å². The molecule has 132 valence electrons. The quantitative estimate of drug-likeness (QED) is 0.420. The van der Waals surface area contributed by atoms with Crippen molar-refractivity contribution in [3.8, 4) is 11.4 Å². The highest BCUT2D eigenvalue weighted by Crippen LogP contribution is 2.31. The van der Waals surface area contributed by atoms with Crippen molar-refractivity contribution in [2.45, 2.75) is 13.8 Å². The van der Waals surface area contributed by atoms with E-state index in [0.29, 0.717) is 11.4 Å². The van der Waals surface area contributed by atoms with Gasteiger partial charge in [-0.1, -0.05) is 17.7 Å². The van der Waals surface area contributed by atoms with Crippen LogP contribution in [0.15, 0.2) is 57.5 Å². The first-order chi connectivity index (χ1) is 12.4. The third-order valence-electron chi connectivity index (χ3n) is 3.76. The molecule has 9 heteroatoms. The molecule has 0 aliphatic carbocycles. The molecular weight excluding hydrogens is 338 g/mol. The zero-order valence-corrected chi connectivity index (χ0v) is 14.0. The molecular formula is C17H15N5O4. The second-order valence-corrected chi connectivity index (χ2v) is 5.69. The van der Waals surface area contributed by atoms with Gasteiger partial charge < -0.3 is 5.11 Å². The van der Waals surface area contributed by atoms with Crippen molar-refractivity contribution in [2.75, 3.05) is 0 Å². The molecule has 9 nitrogen and oxygen atoms in total. The molecule has 0 aliphatic rings. The maximum atomic E-state index is 12.6. The van der Waals surface area contributed by atoms with Crippen LogP contribution in [-0.4, -0.2) is 19.8 Å². The summed E-state index contributed by atoms with van der Waals surface area (Å²) in [6.07, 6.45) is 0.